The third kappa shape index (κ3) is 2.00. The summed E-state index contributed by atoms with van der Waals surface area (Å²) in [5.74, 6) is 0. The molecule has 1 heterocycles. The van der Waals surface area contributed by atoms with Gasteiger partial charge in [0, 0.05) is 4.47 Å². The zero-order valence-corrected chi connectivity index (χ0v) is 9.59. The number of benzene rings is 1. The summed E-state index contributed by atoms with van der Waals surface area (Å²) in [5.41, 5.74) is 8.26. The van der Waals surface area contributed by atoms with Gasteiger partial charge in [-0.25, -0.2) is 0 Å². The van der Waals surface area contributed by atoms with Crippen LogP contribution in [0.1, 0.15) is 23.7 Å². The largest absolute Gasteiger partial charge is 0.373 e. The van der Waals surface area contributed by atoms with Crippen LogP contribution in [0.15, 0.2) is 22.7 Å². The van der Waals surface area contributed by atoms with Crippen molar-refractivity contribution in [2.45, 2.75) is 18.9 Å². The van der Waals surface area contributed by atoms with Crippen LogP contribution in [0.2, 0.25) is 0 Å². The van der Waals surface area contributed by atoms with E-state index < -0.39 is 0 Å². The van der Waals surface area contributed by atoms with Crippen LogP contribution in [0.25, 0.3) is 0 Å². The molecule has 0 bridgehead atoms. The van der Waals surface area contributed by atoms with Crippen molar-refractivity contribution >= 4 is 15.9 Å². The molecule has 0 amide bonds. The summed E-state index contributed by atoms with van der Waals surface area (Å²) in [5, 5.41) is 0. The first kappa shape index (κ1) is 10.1. The van der Waals surface area contributed by atoms with Gasteiger partial charge >= 0.3 is 0 Å². The fourth-order valence-corrected chi connectivity index (χ4v) is 2.30. The molecule has 0 spiro atoms. The summed E-state index contributed by atoms with van der Waals surface area (Å²) in [6.07, 6.45) is 2.13. The molecule has 0 saturated heterocycles. The van der Waals surface area contributed by atoms with Crippen molar-refractivity contribution in [1.82, 2.24) is 0 Å². The number of fused-ring (bicyclic) bond motifs is 1. The molecule has 0 aliphatic carbocycles. The summed E-state index contributed by atoms with van der Waals surface area (Å²) in [6, 6.07) is 6.39. The van der Waals surface area contributed by atoms with Crippen LogP contribution in [0.4, 0.5) is 0 Å². The Morgan fingerprint density at radius 3 is 3.14 bits per heavy atom. The molecule has 1 aliphatic rings. The van der Waals surface area contributed by atoms with Crippen molar-refractivity contribution in [3.05, 3.63) is 33.8 Å². The molecule has 2 nitrogen and oxygen atoms in total. The molecular formula is C11H14BrNO. The molecule has 0 saturated carbocycles. The molecule has 2 N–H and O–H groups in total. The van der Waals surface area contributed by atoms with E-state index in [1.165, 1.54) is 11.1 Å². The van der Waals surface area contributed by atoms with Gasteiger partial charge in [0.2, 0.25) is 0 Å². The molecule has 0 fully saturated rings. The van der Waals surface area contributed by atoms with E-state index in [-0.39, 0.29) is 6.10 Å². The number of ether oxygens (including phenoxy) is 1. The van der Waals surface area contributed by atoms with Crippen LogP contribution < -0.4 is 5.73 Å². The highest BCUT2D eigenvalue weighted by Gasteiger charge is 2.19. The molecular weight excluding hydrogens is 242 g/mol. The lowest BCUT2D eigenvalue weighted by Gasteiger charge is -2.25. The van der Waals surface area contributed by atoms with E-state index in [0.717, 1.165) is 23.9 Å². The monoisotopic (exact) mass is 255 g/mol. The first-order chi connectivity index (χ1) is 6.81. The highest BCUT2D eigenvalue weighted by atomic mass is 79.9. The minimum absolute atomic E-state index is 0.205. The second kappa shape index (κ2) is 4.43. The van der Waals surface area contributed by atoms with E-state index in [2.05, 4.69) is 34.1 Å². The van der Waals surface area contributed by atoms with Gasteiger partial charge in [0.05, 0.1) is 12.7 Å². The van der Waals surface area contributed by atoms with Crippen molar-refractivity contribution in [2.24, 2.45) is 5.73 Å². The van der Waals surface area contributed by atoms with Crippen LogP contribution in [-0.2, 0) is 11.2 Å². The van der Waals surface area contributed by atoms with E-state index >= 15 is 0 Å². The van der Waals surface area contributed by atoms with Crippen molar-refractivity contribution in [3.63, 3.8) is 0 Å². The van der Waals surface area contributed by atoms with E-state index in [9.17, 15) is 0 Å². The van der Waals surface area contributed by atoms with Crippen LogP contribution in [-0.4, -0.2) is 13.2 Å². The normalized spacial score (nSPS) is 20.6. The number of hydrogen-bond acceptors (Lipinski definition) is 2. The lowest BCUT2D eigenvalue weighted by Crippen LogP contribution is -2.18. The zero-order valence-electron chi connectivity index (χ0n) is 8.00. The van der Waals surface area contributed by atoms with Gasteiger partial charge in [-0.1, -0.05) is 22.0 Å². The standard InChI is InChI=1S/C11H14BrNO/c12-9-1-2-10-8(7-9)4-6-14-11(10)3-5-13/h1-2,7,11H,3-6,13H2. The minimum Gasteiger partial charge on any atom is -0.373 e. The summed E-state index contributed by atoms with van der Waals surface area (Å²) < 4.78 is 6.83. The molecule has 2 rings (SSSR count). The number of rotatable bonds is 2. The molecule has 3 heteroatoms. The van der Waals surface area contributed by atoms with Gasteiger partial charge in [-0.3, -0.25) is 0 Å². The highest BCUT2D eigenvalue weighted by Crippen LogP contribution is 2.30. The predicted octanol–water partition coefficient (Wildman–Crippen LogP) is 2.41. The van der Waals surface area contributed by atoms with Crippen molar-refractivity contribution in [1.29, 1.82) is 0 Å². The van der Waals surface area contributed by atoms with Gasteiger partial charge in [-0.15, -0.1) is 0 Å². The van der Waals surface area contributed by atoms with Crippen molar-refractivity contribution < 1.29 is 4.74 Å². The Bertz CT molecular complexity index is 327. The number of halogens is 1. The van der Waals surface area contributed by atoms with Crippen molar-refractivity contribution in [3.8, 4) is 0 Å². The fraction of sp³-hybridized carbons (Fsp3) is 0.455. The average molecular weight is 256 g/mol. The van der Waals surface area contributed by atoms with E-state index in [0.29, 0.717) is 6.54 Å². The van der Waals surface area contributed by atoms with Crippen LogP contribution in [0, 0.1) is 0 Å². The first-order valence-electron chi connectivity index (χ1n) is 4.91. The Labute approximate surface area is 92.6 Å². The van der Waals surface area contributed by atoms with Crippen LogP contribution in [0.5, 0.6) is 0 Å². The second-order valence-electron chi connectivity index (χ2n) is 3.53. The SMILES string of the molecule is NCCC1OCCc2cc(Br)ccc21. The maximum atomic E-state index is 5.69. The van der Waals surface area contributed by atoms with Gasteiger partial charge in [-0.2, -0.15) is 0 Å². The fourth-order valence-electron chi connectivity index (χ4n) is 1.90. The summed E-state index contributed by atoms with van der Waals surface area (Å²) in [6.45, 7) is 1.49. The van der Waals surface area contributed by atoms with Crippen LogP contribution in [0.3, 0.4) is 0 Å². The predicted molar refractivity (Wildman–Crippen MR) is 60.2 cm³/mol. The summed E-state index contributed by atoms with van der Waals surface area (Å²) in [7, 11) is 0. The molecule has 1 aliphatic heterocycles. The third-order valence-electron chi connectivity index (χ3n) is 2.57. The highest BCUT2D eigenvalue weighted by molar-refractivity contribution is 9.10. The maximum Gasteiger partial charge on any atom is 0.0839 e. The van der Waals surface area contributed by atoms with Gasteiger partial charge in [-0.05, 0) is 42.6 Å². The van der Waals surface area contributed by atoms with Crippen molar-refractivity contribution in [2.75, 3.05) is 13.2 Å². The summed E-state index contributed by atoms with van der Waals surface area (Å²) >= 11 is 3.48. The maximum absolute atomic E-state index is 5.69. The Hall–Kier alpha value is -0.380. The molecule has 1 aromatic rings. The van der Waals surface area contributed by atoms with Gasteiger partial charge in [0.1, 0.15) is 0 Å². The molecule has 14 heavy (non-hydrogen) atoms. The van der Waals surface area contributed by atoms with Gasteiger partial charge < -0.3 is 10.5 Å². The molecule has 1 atom stereocenters. The lowest BCUT2D eigenvalue weighted by atomic mass is 9.96. The molecule has 1 unspecified atom stereocenters. The molecule has 0 radical (unpaired) electrons. The lowest BCUT2D eigenvalue weighted by molar-refractivity contribution is 0.0382. The molecule has 76 valence electrons. The molecule has 0 aromatic heterocycles. The smallest absolute Gasteiger partial charge is 0.0839 e. The average Bonchev–Trinajstić information content (AvgIpc) is 2.18. The molecule has 1 aromatic carbocycles. The van der Waals surface area contributed by atoms with Gasteiger partial charge in [0.15, 0.2) is 0 Å². The van der Waals surface area contributed by atoms with Gasteiger partial charge in [0.25, 0.3) is 0 Å². The van der Waals surface area contributed by atoms with E-state index in [1.54, 1.807) is 0 Å². The zero-order chi connectivity index (χ0) is 9.97. The first-order valence-corrected chi connectivity index (χ1v) is 5.70. The Kier molecular flexibility index (Phi) is 3.21. The summed E-state index contributed by atoms with van der Waals surface area (Å²) in [4.78, 5) is 0. The third-order valence-corrected chi connectivity index (χ3v) is 3.06. The van der Waals surface area contributed by atoms with E-state index in [4.69, 9.17) is 10.5 Å². The quantitative estimate of drug-likeness (QED) is 0.881. The second-order valence-corrected chi connectivity index (χ2v) is 4.45. The number of nitrogens with two attached hydrogens (primary N) is 1. The Morgan fingerprint density at radius 2 is 2.36 bits per heavy atom. The Balaban J connectivity index is 2.30. The Morgan fingerprint density at radius 1 is 1.50 bits per heavy atom. The number of hydrogen-bond donors (Lipinski definition) is 1. The minimum atomic E-state index is 0.205. The van der Waals surface area contributed by atoms with Crippen LogP contribution >= 0.6 is 15.9 Å². The topological polar surface area (TPSA) is 35.2 Å². The van der Waals surface area contributed by atoms with E-state index in [1.807, 2.05) is 0 Å².